The molecule has 2 aromatic rings. The minimum atomic E-state index is -1.30. The molecule has 0 aliphatic carbocycles. The third-order valence-electron chi connectivity index (χ3n) is 5.77. The van der Waals surface area contributed by atoms with E-state index in [9.17, 15) is 15.3 Å². The van der Waals surface area contributed by atoms with Crippen LogP contribution in [0.2, 0.25) is 5.02 Å². The zero-order valence-corrected chi connectivity index (χ0v) is 17.7. The summed E-state index contributed by atoms with van der Waals surface area (Å²) in [4.78, 5) is 0. The summed E-state index contributed by atoms with van der Waals surface area (Å²) in [5.41, 5.74) is 2.52. The van der Waals surface area contributed by atoms with Gasteiger partial charge in [0.15, 0.2) is 0 Å². The van der Waals surface area contributed by atoms with E-state index in [1.54, 1.807) is 12.1 Å². The molecular weight excluding hydrogens is 424 g/mol. The van der Waals surface area contributed by atoms with Gasteiger partial charge in [-0.15, -0.1) is 0 Å². The summed E-state index contributed by atoms with van der Waals surface area (Å²) in [7, 11) is 0. The van der Waals surface area contributed by atoms with Crippen LogP contribution in [0.4, 0.5) is 0 Å². The second kappa shape index (κ2) is 9.83. The van der Waals surface area contributed by atoms with Crippen molar-refractivity contribution in [3.05, 3.63) is 64.2 Å². The molecule has 7 nitrogen and oxygen atoms in total. The van der Waals surface area contributed by atoms with Gasteiger partial charge in [0, 0.05) is 11.4 Å². The molecule has 8 heteroatoms. The Bertz CT molecular complexity index is 869. The Morgan fingerprint density at radius 3 is 2.55 bits per heavy atom. The third kappa shape index (κ3) is 5.04. The monoisotopic (exact) mass is 450 g/mol. The number of hydrogen-bond donors (Lipinski definition) is 4. The molecule has 2 aromatic carbocycles. The Kier molecular flexibility index (Phi) is 7.13. The molecular formula is C23H27ClO7. The largest absolute Gasteiger partial charge is 0.488 e. The number of aliphatic hydroxyl groups excluding tert-OH is 4. The summed E-state index contributed by atoms with van der Waals surface area (Å²) in [6.45, 7) is 0.776. The van der Waals surface area contributed by atoms with E-state index >= 15 is 0 Å². The van der Waals surface area contributed by atoms with Gasteiger partial charge in [0.05, 0.1) is 19.8 Å². The van der Waals surface area contributed by atoms with E-state index in [0.29, 0.717) is 23.6 Å². The minimum Gasteiger partial charge on any atom is -0.488 e. The zero-order valence-electron chi connectivity index (χ0n) is 16.9. The fraction of sp³-hybridized carbons (Fsp3) is 0.478. The standard InChI is InChI=1S/C23H27ClO7/c24-18-6-3-14(22-20(27)21(28)23(31-22)19(26)11-25)10-15(18)9-13-1-4-16(5-2-13)30-17-7-8-29-12-17/h1-6,10,17,19-23,25-28H,7-9,11-12H2. The molecule has 0 saturated carbocycles. The zero-order chi connectivity index (χ0) is 22.0. The van der Waals surface area contributed by atoms with Crippen LogP contribution in [0.3, 0.4) is 0 Å². The molecule has 0 aromatic heterocycles. The van der Waals surface area contributed by atoms with Crippen molar-refractivity contribution >= 4 is 11.6 Å². The summed E-state index contributed by atoms with van der Waals surface area (Å²) in [5.74, 6) is 0.795. The van der Waals surface area contributed by atoms with E-state index in [2.05, 4.69) is 0 Å². The van der Waals surface area contributed by atoms with E-state index < -0.39 is 37.1 Å². The first-order chi connectivity index (χ1) is 15.0. The third-order valence-corrected chi connectivity index (χ3v) is 6.14. The number of ether oxygens (including phenoxy) is 3. The van der Waals surface area contributed by atoms with Crippen molar-refractivity contribution in [2.75, 3.05) is 19.8 Å². The summed E-state index contributed by atoms with van der Waals surface area (Å²) in [6, 6.07) is 13.1. The van der Waals surface area contributed by atoms with Crippen molar-refractivity contribution in [3.8, 4) is 5.75 Å². The Labute approximate surface area is 185 Å². The number of rotatable bonds is 7. The highest BCUT2D eigenvalue weighted by Crippen LogP contribution is 2.36. The summed E-state index contributed by atoms with van der Waals surface area (Å²) in [6.07, 6.45) is -4.15. The molecule has 0 radical (unpaired) electrons. The van der Waals surface area contributed by atoms with Crippen LogP contribution in [-0.2, 0) is 15.9 Å². The van der Waals surface area contributed by atoms with Crippen LogP contribution in [0.1, 0.15) is 29.2 Å². The van der Waals surface area contributed by atoms with Crippen molar-refractivity contribution in [3.63, 3.8) is 0 Å². The second-order valence-corrected chi connectivity index (χ2v) is 8.43. The smallest absolute Gasteiger partial charge is 0.124 e. The van der Waals surface area contributed by atoms with Crippen molar-refractivity contribution in [1.82, 2.24) is 0 Å². The van der Waals surface area contributed by atoms with Crippen molar-refractivity contribution < 1.29 is 34.6 Å². The molecule has 168 valence electrons. The van der Waals surface area contributed by atoms with E-state index in [1.807, 2.05) is 30.3 Å². The fourth-order valence-corrected chi connectivity index (χ4v) is 4.20. The normalized spacial score (nSPS) is 29.3. The van der Waals surface area contributed by atoms with Crippen molar-refractivity contribution in [2.24, 2.45) is 0 Å². The van der Waals surface area contributed by atoms with Crippen LogP contribution in [0.15, 0.2) is 42.5 Å². The first-order valence-corrected chi connectivity index (χ1v) is 10.8. The van der Waals surface area contributed by atoms with E-state index in [0.717, 1.165) is 29.9 Å². The molecule has 2 fully saturated rings. The molecule has 0 amide bonds. The van der Waals surface area contributed by atoms with E-state index in [4.69, 9.17) is 30.9 Å². The highest BCUT2D eigenvalue weighted by atomic mass is 35.5. The number of hydrogen-bond acceptors (Lipinski definition) is 7. The van der Waals surface area contributed by atoms with Gasteiger partial charge in [-0.25, -0.2) is 0 Å². The molecule has 2 saturated heterocycles. The van der Waals surface area contributed by atoms with Gasteiger partial charge in [0.1, 0.15) is 42.4 Å². The Balaban J connectivity index is 1.47. The van der Waals surface area contributed by atoms with E-state index in [-0.39, 0.29) is 6.10 Å². The maximum atomic E-state index is 10.4. The SMILES string of the molecule is OCC(O)C1OC(c2ccc(Cl)c(Cc3ccc(OC4CCOC4)cc3)c2)C(O)C1O. The van der Waals surface area contributed by atoms with Crippen LogP contribution < -0.4 is 4.74 Å². The molecule has 2 aliphatic heterocycles. The van der Waals surface area contributed by atoms with Gasteiger partial charge in [-0.3, -0.25) is 0 Å². The molecule has 4 N–H and O–H groups in total. The predicted octanol–water partition coefficient (Wildman–Crippen LogP) is 1.61. The van der Waals surface area contributed by atoms with Crippen molar-refractivity contribution in [2.45, 2.75) is 49.5 Å². The molecule has 4 rings (SSSR count). The quantitative estimate of drug-likeness (QED) is 0.507. The predicted molar refractivity (Wildman–Crippen MR) is 113 cm³/mol. The number of aliphatic hydroxyl groups is 4. The number of benzene rings is 2. The van der Waals surface area contributed by atoms with Gasteiger partial charge < -0.3 is 34.6 Å². The fourth-order valence-electron chi connectivity index (χ4n) is 4.01. The molecule has 6 atom stereocenters. The lowest BCUT2D eigenvalue weighted by Crippen LogP contribution is -2.40. The highest BCUT2D eigenvalue weighted by Gasteiger charge is 2.46. The highest BCUT2D eigenvalue weighted by molar-refractivity contribution is 6.31. The molecule has 2 aliphatic rings. The molecule has 0 bridgehead atoms. The summed E-state index contributed by atoms with van der Waals surface area (Å²) >= 11 is 6.40. The van der Waals surface area contributed by atoms with Crippen LogP contribution in [-0.4, -0.2) is 70.8 Å². The lowest BCUT2D eigenvalue weighted by atomic mass is 9.96. The van der Waals surface area contributed by atoms with Crippen LogP contribution in [0.25, 0.3) is 0 Å². The van der Waals surface area contributed by atoms with Gasteiger partial charge in [-0.05, 0) is 41.3 Å². The summed E-state index contributed by atoms with van der Waals surface area (Å²) in [5, 5.41) is 40.1. The van der Waals surface area contributed by atoms with Crippen molar-refractivity contribution in [1.29, 1.82) is 0 Å². The van der Waals surface area contributed by atoms with Gasteiger partial charge in [0.2, 0.25) is 0 Å². The van der Waals surface area contributed by atoms with Crippen LogP contribution in [0, 0.1) is 0 Å². The molecule has 2 heterocycles. The Morgan fingerprint density at radius 2 is 1.87 bits per heavy atom. The second-order valence-electron chi connectivity index (χ2n) is 8.03. The van der Waals surface area contributed by atoms with Gasteiger partial charge >= 0.3 is 0 Å². The van der Waals surface area contributed by atoms with Crippen LogP contribution in [0.5, 0.6) is 5.75 Å². The minimum absolute atomic E-state index is 0.0957. The maximum absolute atomic E-state index is 10.4. The average molecular weight is 451 g/mol. The first-order valence-electron chi connectivity index (χ1n) is 10.4. The summed E-state index contributed by atoms with van der Waals surface area (Å²) < 4.78 is 16.9. The Morgan fingerprint density at radius 1 is 1.10 bits per heavy atom. The maximum Gasteiger partial charge on any atom is 0.124 e. The lowest BCUT2D eigenvalue weighted by molar-refractivity contribution is -0.0820. The van der Waals surface area contributed by atoms with Crippen LogP contribution >= 0.6 is 11.6 Å². The Hall–Kier alpha value is -1.71. The average Bonchev–Trinajstić information content (AvgIpc) is 3.39. The van der Waals surface area contributed by atoms with Gasteiger partial charge in [-0.1, -0.05) is 35.9 Å². The topological polar surface area (TPSA) is 109 Å². The first kappa shape index (κ1) is 22.5. The molecule has 6 unspecified atom stereocenters. The number of halogens is 1. The van der Waals surface area contributed by atoms with Gasteiger partial charge in [0.25, 0.3) is 0 Å². The molecule has 0 spiro atoms. The van der Waals surface area contributed by atoms with E-state index in [1.165, 1.54) is 0 Å². The van der Waals surface area contributed by atoms with Gasteiger partial charge in [-0.2, -0.15) is 0 Å². The molecule has 31 heavy (non-hydrogen) atoms. The lowest BCUT2D eigenvalue weighted by Gasteiger charge is -2.19.